The molecule has 2 rings (SSSR count). The van der Waals surface area contributed by atoms with Gasteiger partial charge in [0.1, 0.15) is 0 Å². The summed E-state index contributed by atoms with van der Waals surface area (Å²) in [6.07, 6.45) is 0. The minimum absolute atomic E-state index is 0.0972. The van der Waals surface area contributed by atoms with Crippen molar-refractivity contribution in [1.82, 2.24) is 4.90 Å². The Bertz CT molecular complexity index is 796. The number of amides is 1. The average Bonchev–Trinajstić information content (AvgIpc) is 2.55. The van der Waals surface area contributed by atoms with Crippen molar-refractivity contribution in [2.45, 2.75) is 6.54 Å². The summed E-state index contributed by atoms with van der Waals surface area (Å²) in [5.74, 6) is -0.272. The molecule has 0 N–H and O–H groups in total. The highest BCUT2D eigenvalue weighted by Crippen LogP contribution is 2.28. The lowest BCUT2D eigenvalue weighted by atomic mass is 10.1. The second-order valence-corrected chi connectivity index (χ2v) is 5.88. The van der Waals surface area contributed by atoms with E-state index >= 15 is 0 Å². The SMILES string of the molecule is COc1ccc(C(=O)N(C)Cc2ccc(Cl)cc2Cl)cc1[N+](=O)[O-]. The van der Waals surface area contributed by atoms with Crippen molar-refractivity contribution in [3.05, 3.63) is 67.7 Å². The normalized spacial score (nSPS) is 10.3. The highest BCUT2D eigenvalue weighted by molar-refractivity contribution is 6.35. The standard InChI is InChI=1S/C16H14Cl2N2O4/c1-19(9-11-3-5-12(17)8-13(11)18)16(21)10-4-6-15(24-2)14(7-10)20(22)23/h3-8H,9H2,1-2H3. The highest BCUT2D eigenvalue weighted by atomic mass is 35.5. The van der Waals surface area contributed by atoms with Crippen LogP contribution in [0.15, 0.2) is 36.4 Å². The lowest BCUT2D eigenvalue weighted by Crippen LogP contribution is -2.26. The average molecular weight is 369 g/mol. The summed E-state index contributed by atoms with van der Waals surface area (Å²) in [5, 5.41) is 12.0. The molecule has 8 heteroatoms. The van der Waals surface area contributed by atoms with Gasteiger partial charge in [-0.05, 0) is 29.8 Å². The number of benzene rings is 2. The molecule has 0 saturated carbocycles. The molecule has 0 unspecified atom stereocenters. The predicted octanol–water partition coefficient (Wildman–Crippen LogP) is 4.18. The molecule has 0 bridgehead atoms. The summed E-state index contributed by atoms with van der Waals surface area (Å²) >= 11 is 11.9. The van der Waals surface area contributed by atoms with Gasteiger partial charge in [0, 0.05) is 35.3 Å². The molecule has 0 aromatic heterocycles. The van der Waals surface area contributed by atoms with Gasteiger partial charge in [-0.1, -0.05) is 29.3 Å². The minimum atomic E-state index is -0.592. The van der Waals surface area contributed by atoms with Crippen LogP contribution in [-0.2, 0) is 6.54 Å². The van der Waals surface area contributed by atoms with Crippen molar-refractivity contribution in [2.24, 2.45) is 0 Å². The summed E-state index contributed by atoms with van der Waals surface area (Å²) in [6.45, 7) is 0.245. The number of nitro groups is 1. The first-order valence-corrected chi connectivity index (χ1v) is 7.61. The van der Waals surface area contributed by atoms with Crippen LogP contribution in [0.3, 0.4) is 0 Å². The Hall–Kier alpha value is -2.31. The van der Waals surface area contributed by atoms with Crippen molar-refractivity contribution >= 4 is 34.8 Å². The van der Waals surface area contributed by atoms with Crippen LogP contribution in [0.5, 0.6) is 5.75 Å². The van der Waals surface area contributed by atoms with Gasteiger partial charge >= 0.3 is 5.69 Å². The van der Waals surface area contributed by atoms with Crippen LogP contribution in [0, 0.1) is 10.1 Å². The number of hydrogen-bond acceptors (Lipinski definition) is 4. The topological polar surface area (TPSA) is 72.7 Å². The van der Waals surface area contributed by atoms with Crippen molar-refractivity contribution in [3.63, 3.8) is 0 Å². The number of rotatable bonds is 5. The van der Waals surface area contributed by atoms with Crippen LogP contribution in [0.1, 0.15) is 15.9 Å². The van der Waals surface area contributed by atoms with Crippen LogP contribution < -0.4 is 4.74 Å². The minimum Gasteiger partial charge on any atom is -0.490 e. The molecule has 0 saturated heterocycles. The molecule has 6 nitrogen and oxygen atoms in total. The predicted molar refractivity (Wildman–Crippen MR) is 91.9 cm³/mol. The Morgan fingerprint density at radius 2 is 1.96 bits per heavy atom. The smallest absolute Gasteiger partial charge is 0.311 e. The molecule has 0 aliphatic rings. The largest absolute Gasteiger partial charge is 0.490 e. The van der Waals surface area contributed by atoms with Crippen molar-refractivity contribution in [3.8, 4) is 5.75 Å². The van der Waals surface area contributed by atoms with Gasteiger partial charge in [0.2, 0.25) is 0 Å². The number of carbonyl (C=O) groups is 1. The second-order valence-electron chi connectivity index (χ2n) is 5.04. The quantitative estimate of drug-likeness (QED) is 0.585. The monoisotopic (exact) mass is 368 g/mol. The van der Waals surface area contributed by atoms with E-state index in [2.05, 4.69) is 0 Å². The number of ether oxygens (including phenoxy) is 1. The molecule has 2 aromatic carbocycles. The second kappa shape index (κ2) is 7.51. The Morgan fingerprint density at radius 3 is 2.54 bits per heavy atom. The molecule has 24 heavy (non-hydrogen) atoms. The fraction of sp³-hybridized carbons (Fsp3) is 0.188. The van der Waals surface area contributed by atoms with E-state index in [0.717, 1.165) is 5.56 Å². The molecule has 0 atom stereocenters. The van der Waals surface area contributed by atoms with Gasteiger partial charge in [0.25, 0.3) is 5.91 Å². The summed E-state index contributed by atoms with van der Waals surface area (Å²) in [4.78, 5) is 24.4. The van der Waals surface area contributed by atoms with E-state index in [0.29, 0.717) is 10.0 Å². The van der Waals surface area contributed by atoms with Gasteiger partial charge < -0.3 is 9.64 Å². The zero-order valence-electron chi connectivity index (χ0n) is 13.0. The van der Waals surface area contributed by atoms with Gasteiger partial charge in [-0.2, -0.15) is 0 Å². The number of nitro benzene ring substituents is 1. The van der Waals surface area contributed by atoms with Crippen LogP contribution in [-0.4, -0.2) is 29.9 Å². The Morgan fingerprint density at radius 1 is 1.25 bits per heavy atom. The zero-order chi connectivity index (χ0) is 17.9. The fourth-order valence-corrected chi connectivity index (χ4v) is 2.63. The van der Waals surface area contributed by atoms with Gasteiger partial charge in [-0.25, -0.2) is 0 Å². The summed E-state index contributed by atoms with van der Waals surface area (Å²) in [5.41, 5.74) is 0.649. The van der Waals surface area contributed by atoms with E-state index < -0.39 is 4.92 Å². The highest BCUT2D eigenvalue weighted by Gasteiger charge is 2.20. The molecule has 126 valence electrons. The zero-order valence-corrected chi connectivity index (χ0v) is 14.5. The van der Waals surface area contributed by atoms with E-state index in [1.807, 2.05) is 0 Å². The Balaban J connectivity index is 2.24. The van der Waals surface area contributed by atoms with E-state index in [1.54, 1.807) is 25.2 Å². The summed E-state index contributed by atoms with van der Waals surface area (Å²) in [6, 6.07) is 9.07. The van der Waals surface area contributed by atoms with Crippen LogP contribution in [0.2, 0.25) is 10.0 Å². The maximum Gasteiger partial charge on any atom is 0.311 e. The number of halogens is 2. The van der Waals surface area contributed by atoms with Crippen molar-refractivity contribution < 1.29 is 14.5 Å². The van der Waals surface area contributed by atoms with E-state index in [4.69, 9.17) is 27.9 Å². The first kappa shape index (κ1) is 18.0. The molecule has 0 fully saturated rings. The molecule has 0 radical (unpaired) electrons. The number of methoxy groups -OCH3 is 1. The third-order valence-corrected chi connectivity index (χ3v) is 3.98. The van der Waals surface area contributed by atoms with Crippen molar-refractivity contribution in [1.29, 1.82) is 0 Å². The lowest BCUT2D eigenvalue weighted by molar-refractivity contribution is -0.385. The van der Waals surface area contributed by atoms with Crippen LogP contribution in [0.4, 0.5) is 5.69 Å². The van der Waals surface area contributed by atoms with Gasteiger partial charge in [-0.3, -0.25) is 14.9 Å². The molecule has 1 amide bonds. The third-order valence-electron chi connectivity index (χ3n) is 3.39. The maximum absolute atomic E-state index is 12.5. The molecule has 0 spiro atoms. The summed E-state index contributed by atoms with van der Waals surface area (Å²) in [7, 11) is 2.92. The number of nitrogens with zero attached hydrogens (tertiary/aromatic N) is 2. The Kier molecular flexibility index (Phi) is 5.64. The molecule has 0 aliphatic heterocycles. The fourth-order valence-electron chi connectivity index (χ4n) is 2.16. The van der Waals surface area contributed by atoms with Crippen LogP contribution in [0.25, 0.3) is 0 Å². The number of carbonyl (C=O) groups excluding carboxylic acids is 1. The maximum atomic E-state index is 12.5. The molecular formula is C16H14Cl2N2O4. The lowest BCUT2D eigenvalue weighted by Gasteiger charge is -2.18. The van der Waals surface area contributed by atoms with Gasteiger partial charge in [0.15, 0.2) is 5.75 Å². The molecule has 0 heterocycles. The van der Waals surface area contributed by atoms with Gasteiger partial charge in [0.05, 0.1) is 12.0 Å². The summed E-state index contributed by atoms with van der Waals surface area (Å²) < 4.78 is 4.93. The van der Waals surface area contributed by atoms with E-state index in [-0.39, 0.29) is 29.5 Å². The molecular weight excluding hydrogens is 355 g/mol. The third kappa shape index (κ3) is 3.96. The van der Waals surface area contributed by atoms with E-state index in [9.17, 15) is 14.9 Å². The van der Waals surface area contributed by atoms with Crippen LogP contribution >= 0.6 is 23.2 Å². The first-order valence-electron chi connectivity index (χ1n) is 6.85. The number of hydrogen-bond donors (Lipinski definition) is 0. The van der Waals surface area contributed by atoms with Gasteiger partial charge in [-0.15, -0.1) is 0 Å². The van der Waals surface area contributed by atoms with Crippen molar-refractivity contribution in [2.75, 3.05) is 14.2 Å². The molecule has 0 aliphatic carbocycles. The Labute approximate surface area is 148 Å². The molecule has 2 aromatic rings. The van der Waals surface area contributed by atoms with E-state index in [1.165, 1.54) is 30.2 Å². The first-order chi connectivity index (χ1) is 11.3.